The lowest BCUT2D eigenvalue weighted by molar-refractivity contribution is 0.785. The molecule has 2 heterocycles. The molecule has 72 valence electrons. The summed E-state index contributed by atoms with van der Waals surface area (Å²) in [5.41, 5.74) is 2.21. The topological polar surface area (TPSA) is 42.7 Å². The molecule has 2 aromatic rings. The van der Waals surface area contributed by atoms with Gasteiger partial charge >= 0.3 is 0 Å². The summed E-state index contributed by atoms with van der Waals surface area (Å²) >= 11 is 0. The summed E-state index contributed by atoms with van der Waals surface area (Å²) in [5, 5.41) is 7.30. The predicted octanol–water partition coefficient (Wildman–Crippen LogP) is 0.987. The van der Waals surface area contributed by atoms with Gasteiger partial charge in [-0.2, -0.15) is 5.10 Å². The van der Waals surface area contributed by atoms with Gasteiger partial charge in [0.25, 0.3) is 0 Å². The summed E-state index contributed by atoms with van der Waals surface area (Å²) in [7, 11) is 1.92. The normalized spacial score (nSPS) is 10.4. The summed E-state index contributed by atoms with van der Waals surface area (Å²) < 4.78 is 1.82. The van der Waals surface area contributed by atoms with Crippen molar-refractivity contribution in [2.75, 3.05) is 7.05 Å². The van der Waals surface area contributed by atoms with Crippen LogP contribution in [0.4, 0.5) is 0 Å². The molecule has 14 heavy (non-hydrogen) atoms. The minimum atomic E-state index is 0.817. The minimum absolute atomic E-state index is 0.817. The highest BCUT2D eigenvalue weighted by Gasteiger charge is 2.02. The summed E-state index contributed by atoms with van der Waals surface area (Å²) in [6.07, 6.45) is 7.28. The molecule has 0 aliphatic rings. The Balaban J connectivity index is 2.42. The average Bonchev–Trinajstić information content (AvgIpc) is 2.72. The lowest BCUT2D eigenvalue weighted by atomic mass is 10.2. The number of nitrogens with one attached hydrogen (secondary N) is 1. The molecule has 0 aromatic carbocycles. The van der Waals surface area contributed by atoms with Crippen LogP contribution in [0, 0.1) is 0 Å². The molecule has 1 N–H and O–H groups in total. The molecule has 0 bridgehead atoms. The van der Waals surface area contributed by atoms with E-state index in [0.29, 0.717) is 0 Å². The molecule has 0 saturated heterocycles. The number of nitrogens with zero attached hydrogens (tertiary/aromatic N) is 3. The molecule has 0 spiro atoms. The highest BCUT2D eigenvalue weighted by Crippen LogP contribution is 2.10. The molecular weight excluding hydrogens is 176 g/mol. The van der Waals surface area contributed by atoms with Gasteiger partial charge in [-0.3, -0.25) is 4.98 Å². The van der Waals surface area contributed by atoms with Crippen LogP contribution >= 0.6 is 0 Å². The maximum atomic E-state index is 4.18. The zero-order chi connectivity index (χ0) is 9.80. The van der Waals surface area contributed by atoms with Crippen LogP contribution in [0.5, 0.6) is 0 Å². The van der Waals surface area contributed by atoms with Gasteiger partial charge in [0.1, 0.15) is 0 Å². The van der Waals surface area contributed by atoms with Crippen molar-refractivity contribution in [3.05, 3.63) is 42.5 Å². The smallest absolute Gasteiger partial charge is 0.0873 e. The first-order valence-electron chi connectivity index (χ1n) is 4.49. The van der Waals surface area contributed by atoms with Crippen molar-refractivity contribution in [2.45, 2.75) is 6.54 Å². The lowest BCUT2D eigenvalue weighted by Gasteiger charge is -2.07. The summed E-state index contributed by atoms with van der Waals surface area (Å²) in [5.74, 6) is 0. The third-order valence-corrected chi connectivity index (χ3v) is 2.01. The Morgan fingerprint density at radius 3 is 3.07 bits per heavy atom. The zero-order valence-electron chi connectivity index (χ0n) is 8.01. The fourth-order valence-corrected chi connectivity index (χ4v) is 1.37. The Morgan fingerprint density at radius 2 is 2.36 bits per heavy atom. The van der Waals surface area contributed by atoms with E-state index in [1.54, 1.807) is 12.4 Å². The third kappa shape index (κ3) is 1.65. The first kappa shape index (κ1) is 8.90. The van der Waals surface area contributed by atoms with Gasteiger partial charge in [-0.15, -0.1) is 0 Å². The lowest BCUT2D eigenvalue weighted by Crippen LogP contribution is -2.09. The maximum absolute atomic E-state index is 4.18. The number of hydrogen-bond acceptors (Lipinski definition) is 3. The zero-order valence-corrected chi connectivity index (χ0v) is 8.01. The van der Waals surface area contributed by atoms with Gasteiger partial charge in [0.05, 0.1) is 11.9 Å². The minimum Gasteiger partial charge on any atom is -0.316 e. The summed E-state index contributed by atoms with van der Waals surface area (Å²) in [6, 6.07) is 3.89. The van der Waals surface area contributed by atoms with Crippen molar-refractivity contribution >= 4 is 0 Å². The van der Waals surface area contributed by atoms with Crippen LogP contribution in [-0.4, -0.2) is 21.8 Å². The van der Waals surface area contributed by atoms with Crippen LogP contribution in [0.2, 0.25) is 0 Å². The molecule has 0 atom stereocenters. The van der Waals surface area contributed by atoms with Crippen molar-refractivity contribution in [3.8, 4) is 5.69 Å². The van der Waals surface area contributed by atoms with Crippen molar-refractivity contribution < 1.29 is 0 Å². The number of pyridine rings is 1. The molecule has 0 saturated carbocycles. The van der Waals surface area contributed by atoms with Crippen LogP contribution in [0.25, 0.3) is 5.69 Å². The Labute approximate surface area is 82.6 Å². The second kappa shape index (κ2) is 4.02. The van der Waals surface area contributed by atoms with Gasteiger partial charge in [0.15, 0.2) is 0 Å². The Hall–Kier alpha value is -1.68. The maximum Gasteiger partial charge on any atom is 0.0873 e. The molecule has 4 heteroatoms. The van der Waals surface area contributed by atoms with E-state index in [4.69, 9.17) is 0 Å². The molecule has 0 fully saturated rings. The van der Waals surface area contributed by atoms with Crippen molar-refractivity contribution in [1.82, 2.24) is 20.1 Å². The standard InChI is InChI=1S/C10H12N4/c1-11-7-9-3-5-12-8-10(9)14-6-2-4-13-14/h2-6,8,11H,7H2,1H3. The molecule has 2 rings (SSSR count). The molecule has 0 unspecified atom stereocenters. The van der Waals surface area contributed by atoms with Gasteiger partial charge < -0.3 is 5.32 Å². The number of hydrogen-bond donors (Lipinski definition) is 1. The second-order valence-corrected chi connectivity index (χ2v) is 2.99. The van der Waals surface area contributed by atoms with Crippen LogP contribution in [0.3, 0.4) is 0 Å². The van der Waals surface area contributed by atoms with E-state index in [1.165, 1.54) is 5.56 Å². The van der Waals surface area contributed by atoms with Crippen molar-refractivity contribution in [1.29, 1.82) is 0 Å². The van der Waals surface area contributed by atoms with Crippen LogP contribution in [-0.2, 0) is 6.54 Å². The van der Waals surface area contributed by atoms with E-state index in [0.717, 1.165) is 12.2 Å². The molecule has 4 nitrogen and oxygen atoms in total. The molecule has 2 aromatic heterocycles. The fourth-order valence-electron chi connectivity index (χ4n) is 1.37. The molecule has 0 amide bonds. The van der Waals surface area contributed by atoms with Gasteiger partial charge in [0.2, 0.25) is 0 Å². The van der Waals surface area contributed by atoms with Gasteiger partial charge in [-0.25, -0.2) is 4.68 Å². The predicted molar refractivity (Wildman–Crippen MR) is 54.1 cm³/mol. The monoisotopic (exact) mass is 188 g/mol. The van der Waals surface area contributed by atoms with Crippen LogP contribution in [0.1, 0.15) is 5.56 Å². The molecule has 0 aliphatic carbocycles. The van der Waals surface area contributed by atoms with E-state index < -0.39 is 0 Å². The summed E-state index contributed by atoms with van der Waals surface area (Å²) in [4.78, 5) is 4.09. The Morgan fingerprint density at radius 1 is 1.43 bits per heavy atom. The average molecular weight is 188 g/mol. The van der Waals surface area contributed by atoms with E-state index in [-0.39, 0.29) is 0 Å². The van der Waals surface area contributed by atoms with E-state index in [2.05, 4.69) is 15.4 Å². The van der Waals surface area contributed by atoms with Crippen molar-refractivity contribution in [2.24, 2.45) is 0 Å². The first-order chi connectivity index (χ1) is 6.92. The van der Waals surface area contributed by atoms with Gasteiger partial charge in [-0.05, 0) is 24.7 Å². The van der Waals surface area contributed by atoms with Crippen LogP contribution < -0.4 is 5.32 Å². The van der Waals surface area contributed by atoms with Gasteiger partial charge in [-0.1, -0.05) is 0 Å². The van der Waals surface area contributed by atoms with Crippen LogP contribution in [0.15, 0.2) is 36.9 Å². The largest absolute Gasteiger partial charge is 0.316 e. The van der Waals surface area contributed by atoms with E-state index >= 15 is 0 Å². The molecule has 0 radical (unpaired) electrons. The van der Waals surface area contributed by atoms with Crippen molar-refractivity contribution in [3.63, 3.8) is 0 Å². The third-order valence-electron chi connectivity index (χ3n) is 2.01. The Bertz CT molecular complexity index is 394. The highest BCUT2D eigenvalue weighted by molar-refractivity contribution is 5.37. The number of rotatable bonds is 3. The number of aromatic nitrogens is 3. The van der Waals surface area contributed by atoms with E-state index in [9.17, 15) is 0 Å². The molecular formula is C10H12N4. The second-order valence-electron chi connectivity index (χ2n) is 2.99. The van der Waals surface area contributed by atoms with Gasteiger partial charge in [0, 0.05) is 25.1 Å². The Kier molecular flexibility index (Phi) is 2.55. The SMILES string of the molecule is CNCc1ccncc1-n1cccn1. The quantitative estimate of drug-likeness (QED) is 0.781. The highest BCUT2D eigenvalue weighted by atomic mass is 15.3. The first-order valence-corrected chi connectivity index (χ1v) is 4.49. The molecule has 0 aliphatic heterocycles. The van der Waals surface area contributed by atoms with E-state index in [1.807, 2.05) is 36.3 Å². The fraction of sp³-hybridized carbons (Fsp3) is 0.200. The summed E-state index contributed by atoms with van der Waals surface area (Å²) in [6.45, 7) is 0.817.